The fourth-order valence-electron chi connectivity index (χ4n) is 4.73. The van der Waals surface area contributed by atoms with Crippen LogP contribution >= 0.6 is 0 Å². The molecule has 0 saturated carbocycles. The van der Waals surface area contributed by atoms with Gasteiger partial charge in [-0.2, -0.15) is 5.26 Å². The zero-order valence-corrected chi connectivity index (χ0v) is 20.5. The molecule has 0 spiro atoms. The molecule has 2 fully saturated rings. The van der Waals surface area contributed by atoms with Crippen molar-refractivity contribution in [2.75, 3.05) is 32.8 Å². The van der Waals surface area contributed by atoms with Crippen LogP contribution in [0.3, 0.4) is 0 Å². The highest BCUT2D eigenvalue weighted by Crippen LogP contribution is 2.28. The number of rotatable bonds is 8. The Kier molecular flexibility index (Phi) is 7.42. The summed E-state index contributed by atoms with van der Waals surface area (Å²) in [5, 5.41) is 28.2. The van der Waals surface area contributed by atoms with Crippen molar-refractivity contribution in [1.82, 2.24) is 19.8 Å². The molecule has 0 radical (unpaired) electrons. The minimum absolute atomic E-state index is 0.195. The maximum absolute atomic E-state index is 11.7. The van der Waals surface area contributed by atoms with Crippen LogP contribution in [0.2, 0.25) is 0 Å². The van der Waals surface area contributed by atoms with Crippen LogP contribution in [0.5, 0.6) is 5.75 Å². The highest BCUT2D eigenvalue weighted by atomic mass is 16.5. The molecule has 1 atom stereocenters. The van der Waals surface area contributed by atoms with Crippen molar-refractivity contribution in [1.29, 1.82) is 5.26 Å². The Balaban J connectivity index is 1.24. The van der Waals surface area contributed by atoms with E-state index in [9.17, 15) is 15.2 Å². The first kappa shape index (κ1) is 24.8. The van der Waals surface area contributed by atoms with Gasteiger partial charge in [-0.3, -0.25) is 9.69 Å². The van der Waals surface area contributed by atoms with E-state index in [0.717, 1.165) is 36.5 Å². The summed E-state index contributed by atoms with van der Waals surface area (Å²) >= 11 is 0. The van der Waals surface area contributed by atoms with Crippen LogP contribution in [-0.2, 0) is 17.8 Å². The normalized spacial score (nSPS) is 17.9. The number of nitrogens with zero attached hydrogens (tertiary/aromatic N) is 5. The molecule has 2 aromatic carbocycles. The molecule has 2 saturated heterocycles. The number of amides is 1. The lowest BCUT2D eigenvalue weighted by Gasteiger charge is -2.35. The Labute approximate surface area is 215 Å². The molecule has 37 heavy (non-hydrogen) atoms. The van der Waals surface area contributed by atoms with E-state index in [1.807, 2.05) is 12.1 Å². The summed E-state index contributed by atoms with van der Waals surface area (Å²) in [5.41, 5.74) is 4.23. The number of hydrogen-bond donors (Lipinski definition) is 2. The number of hydrogen-bond acceptors (Lipinski definition) is 8. The molecule has 1 amide bonds. The Morgan fingerprint density at radius 1 is 1.11 bits per heavy atom. The minimum Gasteiger partial charge on any atom is -0.487 e. The van der Waals surface area contributed by atoms with E-state index >= 15 is 0 Å². The average molecular weight is 500 g/mol. The number of ether oxygens (including phenoxy) is 1. The minimum atomic E-state index is -0.512. The van der Waals surface area contributed by atoms with Crippen LogP contribution < -0.4 is 4.74 Å². The number of β-amino-alcohol motifs (C(OH)–C–C–N with tert-alkyl or cyclic N) is 1. The van der Waals surface area contributed by atoms with Crippen molar-refractivity contribution in [2.45, 2.75) is 31.6 Å². The Hall–Kier alpha value is -3.84. The largest absolute Gasteiger partial charge is 0.487 e. The lowest BCUT2D eigenvalue weighted by atomic mass is 10.1. The van der Waals surface area contributed by atoms with E-state index in [1.165, 1.54) is 5.56 Å². The quantitative estimate of drug-likeness (QED) is 0.481. The maximum Gasteiger partial charge on any atom is 0.248 e. The second-order valence-corrected chi connectivity index (χ2v) is 9.55. The SMILES string of the molecule is N#Cc1cc(-c2ccnc(Cc3ccc(CN4CC(O)C4)cc3)n2)ccc1O[C@@H]1CCN(C(=O)CO)C1. The molecule has 2 aliphatic rings. The van der Waals surface area contributed by atoms with Gasteiger partial charge in [-0.1, -0.05) is 24.3 Å². The molecule has 0 aliphatic carbocycles. The molecule has 1 aromatic heterocycles. The summed E-state index contributed by atoms with van der Waals surface area (Å²) in [5.74, 6) is 0.844. The predicted molar refractivity (Wildman–Crippen MR) is 135 cm³/mol. The van der Waals surface area contributed by atoms with E-state index in [2.05, 4.69) is 40.2 Å². The number of benzene rings is 2. The number of aromatic nitrogens is 2. The summed E-state index contributed by atoms with van der Waals surface area (Å²) in [6.45, 7) is 2.70. The first-order valence-electron chi connectivity index (χ1n) is 12.4. The van der Waals surface area contributed by atoms with Crippen LogP contribution in [-0.4, -0.2) is 80.9 Å². The van der Waals surface area contributed by atoms with E-state index < -0.39 is 6.61 Å². The van der Waals surface area contributed by atoms with Gasteiger partial charge in [0.15, 0.2) is 0 Å². The Morgan fingerprint density at radius 2 is 1.89 bits per heavy atom. The second-order valence-electron chi connectivity index (χ2n) is 9.55. The highest BCUT2D eigenvalue weighted by Gasteiger charge is 2.28. The topological polar surface area (TPSA) is 123 Å². The first-order valence-corrected chi connectivity index (χ1v) is 12.4. The van der Waals surface area contributed by atoms with Gasteiger partial charge in [0.05, 0.1) is 23.9 Å². The fraction of sp³-hybridized carbons (Fsp3) is 0.357. The van der Waals surface area contributed by atoms with Gasteiger partial charge in [0.25, 0.3) is 0 Å². The van der Waals surface area contributed by atoms with Gasteiger partial charge < -0.3 is 19.8 Å². The third kappa shape index (κ3) is 5.94. The molecule has 0 unspecified atom stereocenters. The van der Waals surface area contributed by atoms with Crippen LogP contribution in [0.4, 0.5) is 0 Å². The van der Waals surface area contributed by atoms with Crippen molar-refractivity contribution in [2.24, 2.45) is 0 Å². The Morgan fingerprint density at radius 3 is 2.62 bits per heavy atom. The second kappa shape index (κ2) is 11.0. The number of carbonyl (C=O) groups excluding carboxylic acids is 1. The maximum atomic E-state index is 11.7. The van der Waals surface area contributed by atoms with Crippen molar-refractivity contribution in [3.63, 3.8) is 0 Å². The lowest BCUT2D eigenvalue weighted by Crippen LogP contribution is -2.49. The van der Waals surface area contributed by atoms with E-state index in [-0.39, 0.29) is 18.1 Å². The summed E-state index contributed by atoms with van der Waals surface area (Å²) < 4.78 is 6.02. The van der Waals surface area contributed by atoms with E-state index in [1.54, 1.807) is 23.2 Å². The van der Waals surface area contributed by atoms with Gasteiger partial charge in [-0.15, -0.1) is 0 Å². The molecule has 2 N–H and O–H groups in total. The predicted octanol–water partition coefficient (Wildman–Crippen LogP) is 1.75. The Bertz CT molecular complexity index is 1300. The van der Waals surface area contributed by atoms with Gasteiger partial charge in [0.2, 0.25) is 5.91 Å². The van der Waals surface area contributed by atoms with Crippen molar-refractivity contribution in [3.8, 4) is 23.1 Å². The van der Waals surface area contributed by atoms with Gasteiger partial charge in [0.1, 0.15) is 30.4 Å². The van der Waals surface area contributed by atoms with E-state index in [0.29, 0.717) is 43.1 Å². The molecule has 0 bridgehead atoms. The molecule has 3 heterocycles. The zero-order chi connectivity index (χ0) is 25.8. The van der Waals surface area contributed by atoms with Crippen LogP contribution in [0.1, 0.15) is 28.9 Å². The van der Waals surface area contributed by atoms with Crippen molar-refractivity contribution in [3.05, 3.63) is 77.2 Å². The molecule has 3 aromatic rings. The van der Waals surface area contributed by atoms with Gasteiger partial charge >= 0.3 is 0 Å². The number of carbonyl (C=O) groups is 1. The molecular formula is C28H29N5O4. The monoisotopic (exact) mass is 499 g/mol. The summed E-state index contributed by atoms with van der Waals surface area (Å²) in [7, 11) is 0. The van der Waals surface area contributed by atoms with Crippen molar-refractivity contribution >= 4 is 5.91 Å². The highest BCUT2D eigenvalue weighted by molar-refractivity contribution is 5.77. The number of likely N-dealkylation sites (tertiary alicyclic amines) is 2. The van der Waals surface area contributed by atoms with Crippen molar-refractivity contribution < 1.29 is 19.7 Å². The molecule has 9 heteroatoms. The van der Waals surface area contributed by atoms with Crippen LogP contribution in [0.25, 0.3) is 11.3 Å². The van der Waals surface area contributed by atoms with E-state index in [4.69, 9.17) is 14.8 Å². The van der Waals surface area contributed by atoms with Gasteiger partial charge in [-0.25, -0.2) is 9.97 Å². The summed E-state index contributed by atoms with van der Waals surface area (Å²) in [6, 6.07) is 17.8. The molecule has 5 rings (SSSR count). The molecule has 190 valence electrons. The third-order valence-electron chi connectivity index (χ3n) is 6.76. The lowest BCUT2D eigenvalue weighted by molar-refractivity contribution is -0.133. The van der Waals surface area contributed by atoms with Crippen LogP contribution in [0, 0.1) is 11.3 Å². The molecule has 9 nitrogen and oxygen atoms in total. The van der Waals surface area contributed by atoms with Gasteiger partial charge in [-0.05, 0) is 35.4 Å². The average Bonchev–Trinajstić information content (AvgIpc) is 3.37. The summed E-state index contributed by atoms with van der Waals surface area (Å²) in [6.07, 6.45) is 2.55. The smallest absolute Gasteiger partial charge is 0.248 e. The van der Waals surface area contributed by atoms with Gasteiger partial charge in [0, 0.05) is 50.8 Å². The zero-order valence-electron chi connectivity index (χ0n) is 20.5. The number of nitriles is 1. The molecule has 2 aliphatic heterocycles. The number of aliphatic hydroxyl groups excluding tert-OH is 2. The summed E-state index contributed by atoms with van der Waals surface area (Å²) in [4.78, 5) is 24.6. The fourth-order valence-corrected chi connectivity index (χ4v) is 4.73. The van der Waals surface area contributed by atoms with Crippen LogP contribution in [0.15, 0.2) is 54.7 Å². The molecular weight excluding hydrogens is 470 g/mol. The number of aliphatic hydroxyl groups is 2. The standard InChI is InChI=1S/C28H29N5O4/c29-13-22-12-21(5-6-26(22)37-24-8-10-33(17-24)28(36)18-34)25-7-9-30-27(31-25)11-19-1-3-20(4-2-19)14-32-15-23(35)16-32/h1-7,9,12,23-24,34-35H,8,10-11,14-18H2/t24-/m1/s1. The first-order chi connectivity index (χ1) is 18.0. The third-order valence-corrected chi connectivity index (χ3v) is 6.76.